The summed E-state index contributed by atoms with van der Waals surface area (Å²) in [5.41, 5.74) is 4.99. The molecule has 0 aliphatic rings. The predicted octanol–water partition coefficient (Wildman–Crippen LogP) is 8.21. The van der Waals surface area contributed by atoms with Gasteiger partial charge in [0, 0.05) is 16.5 Å². The number of rotatable bonds is 6. The molecule has 8 nitrogen and oxygen atoms in total. The van der Waals surface area contributed by atoms with E-state index in [1.54, 1.807) is 30.1 Å². The normalized spacial score (nSPS) is 12.2. The maximum atomic E-state index is 11.9. The second kappa shape index (κ2) is 10.4. The van der Waals surface area contributed by atoms with Crippen LogP contribution >= 0.6 is 0 Å². The van der Waals surface area contributed by atoms with Crippen LogP contribution in [0, 0.1) is 13.8 Å². The van der Waals surface area contributed by atoms with Gasteiger partial charge < -0.3 is 4.81 Å². The summed E-state index contributed by atoms with van der Waals surface area (Å²) in [4.78, 5) is 1.30. The van der Waals surface area contributed by atoms with Crippen molar-refractivity contribution in [2.24, 2.45) is 20.5 Å². The van der Waals surface area contributed by atoms with Crippen LogP contribution in [0.25, 0.3) is 21.5 Å². The number of azo groups is 2. The molecule has 0 saturated carbocycles. The van der Waals surface area contributed by atoms with Gasteiger partial charge in [-0.25, -0.2) is 0 Å². The Balaban J connectivity index is 1.58. The minimum atomic E-state index is -4.43. The quantitative estimate of drug-likeness (QED) is 0.135. The van der Waals surface area contributed by atoms with Crippen LogP contribution < -0.4 is 4.81 Å². The van der Waals surface area contributed by atoms with Gasteiger partial charge in [-0.15, -0.1) is 10.2 Å². The van der Waals surface area contributed by atoms with E-state index < -0.39 is 10.1 Å². The van der Waals surface area contributed by atoms with Gasteiger partial charge in [-0.3, -0.25) is 4.55 Å². The molecule has 5 aromatic rings. The molecular weight excluding hydrogens is 509 g/mol. The highest BCUT2D eigenvalue weighted by molar-refractivity contribution is 7.85. The van der Waals surface area contributed by atoms with Crippen LogP contribution in [0.3, 0.4) is 0 Å². The monoisotopic (exact) mass is 533 g/mol. The van der Waals surface area contributed by atoms with E-state index in [1.165, 1.54) is 12.1 Å². The standard InChI is InChI=1S/C29H24BN5O3S/c1-18-15-29(35(3)30)19(2)14-28(18)34-33-26-12-13-27(25-17-23(39(36,37)38)10-11-24(25)26)32-31-22-9-8-20-6-4-5-7-21(20)16-22/h4-17H,1-3H3,(H,36,37,38). The second-order valence-electron chi connectivity index (χ2n) is 9.25. The highest BCUT2D eigenvalue weighted by Gasteiger charge is 2.14. The summed E-state index contributed by atoms with van der Waals surface area (Å²) in [6, 6.07) is 25.2. The lowest BCUT2D eigenvalue weighted by atomic mass is 10.1. The Labute approximate surface area is 227 Å². The number of hydrogen-bond acceptors (Lipinski definition) is 7. The van der Waals surface area contributed by atoms with Crippen molar-refractivity contribution in [1.29, 1.82) is 0 Å². The van der Waals surface area contributed by atoms with E-state index in [4.69, 9.17) is 7.98 Å². The lowest BCUT2D eigenvalue weighted by Gasteiger charge is -2.17. The van der Waals surface area contributed by atoms with Crippen molar-refractivity contribution >= 4 is 68.1 Å². The minimum absolute atomic E-state index is 0.251. The van der Waals surface area contributed by atoms with Gasteiger partial charge in [-0.1, -0.05) is 36.4 Å². The summed E-state index contributed by atoms with van der Waals surface area (Å²) < 4.78 is 33.4. The fourth-order valence-electron chi connectivity index (χ4n) is 4.36. The summed E-state index contributed by atoms with van der Waals surface area (Å²) in [6.45, 7) is 3.87. The lowest BCUT2D eigenvalue weighted by Crippen LogP contribution is -2.12. The molecule has 0 aliphatic carbocycles. The Morgan fingerprint density at radius 1 is 0.692 bits per heavy atom. The van der Waals surface area contributed by atoms with Gasteiger partial charge in [0.25, 0.3) is 10.1 Å². The van der Waals surface area contributed by atoms with Crippen LogP contribution in [-0.4, -0.2) is 28.0 Å². The summed E-state index contributed by atoms with van der Waals surface area (Å²) in [5, 5.41) is 20.9. The largest absolute Gasteiger partial charge is 0.427 e. The van der Waals surface area contributed by atoms with Crippen LogP contribution in [0.2, 0.25) is 0 Å². The Morgan fingerprint density at radius 3 is 2.08 bits per heavy atom. The number of anilines is 1. The molecule has 0 fully saturated rings. The van der Waals surface area contributed by atoms with Crippen molar-refractivity contribution in [2.45, 2.75) is 18.7 Å². The van der Waals surface area contributed by atoms with Crippen molar-refractivity contribution in [1.82, 2.24) is 0 Å². The Bertz CT molecular complexity index is 1900. The van der Waals surface area contributed by atoms with Crippen molar-refractivity contribution < 1.29 is 13.0 Å². The molecule has 39 heavy (non-hydrogen) atoms. The first-order chi connectivity index (χ1) is 18.6. The molecule has 0 spiro atoms. The third kappa shape index (κ3) is 5.57. The van der Waals surface area contributed by atoms with Crippen LogP contribution in [0.5, 0.6) is 0 Å². The molecule has 10 heteroatoms. The molecular formula is C29H24BN5O3S. The van der Waals surface area contributed by atoms with Gasteiger partial charge in [-0.2, -0.15) is 18.6 Å². The average molecular weight is 533 g/mol. The zero-order valence-corrected chi connectivity index (χ0v) is 22.4. The molecule has 0 atom stereocenters. The topological polar surface area (TPSA) is 107 Å². The van der Waals surface area contributed by atoms with E-state index in [2.05, 4.69) is 20.5 Å². The molecule has 5 rings (SSSR count). The third-order valence-corrected chi connectivity index (χ3v) is 7.26. The molecule has 1 N–H and O–H groups in total. The zero-order valence-electron chi connectivity index (χ0n) is 21.6. The number of aryl methyl sites for hydroxylation is 2. The molecule has 192 valence electrons. The summed E-state index contributed by atoms with van der Waals surface area (Å²) in [6.07, 6.45) is 0. The first-order valence-electron chi connectivity index (χ1n) is 12.1. The van der Waals surface area contributed by atoms with Gasteiger partial charge in [0.15, 0.2) is 0 Å². The SMILES string of the molecule is [B]N(C)c1cc(C)c(N=Nc2ccc(N=Nc3ccc4ccccc4c3)c3cc(S(=O)(=O)O)ccc23)cc1C. The first-order valence-corrected chi connectivity index (χ1v) is 13.5. The zero-order chi connectivity index (χ0) is 27.7. The Morgan fingerprint density at radius 2 is 1.36 bits per heavy atom. The molecule has 0 amide bonds. The molecule has 0 aromatic heterocycles. The van der Waals surface area contributed by atoms with E-state index in [9.17, 15) is 13.0 Å². The molecule has 0 saturated heterocycles. The first kappa shape index (κ1) is 26.2. The van der Waals surface area contributed by atoms with Gasteiger partial charge >= 0.3 is 0 Å². The molecule has 5 aromatic carbocycles. The fraction of sp³-hybridized carbons (Fsp3) is 0.103. The van der Waals surface area contributed by atoms with Crippen molar-refractivity contribution in [3.05, 3.63) is 96.1 Å². The van der Waals surface area contributed by atoms with E-state index in [0.29, 0.717) is 33.5 Å². The smallest absolute Gasteiger partial charge is 0.294 e. The second-order valence-corrected chi connectivity index (χ2v) is 10.7. The van der Waals surface area contributed by atoms with E-state index in [-0.39, 0.29) is 4.90 Å². The molecule has 0 aliphatic heterocycles. The summed E-state index contributed by atoms with van der Waals surface area (Å²) in [7, 11) is 3.25. The van der Waals surface area contributed by atoms with Gasteiger partial charge in [0.1, 0.15) is 0 Å². The number of benzene rings is 5. The highest BCUT2D eigenvalue weighted by atomic mass is 32.2. The number of hydrogen-bond donors (Lipinski definition) is 1. The summed E-state index contributed by atoms with van der Waals surface area (Å²) in [5.74, 6) is 0. The van der Waals surface area contributed by atoms with Gasteiger partial charge in [-0.05, 0) is 91.3 Å². The number of fused-ring (bicyclic) bond motifs is 2. The molecule has 2 radical (unpaired) electrons. The Kier molecular flexibility index (Phi) is 6.99. The van der Waals surface area contributed by atoms with Crippen LogP contribution in [-0.2, 0) is 10.1 Å². The van der Waals surface area contributed by atoms with Crippen LogP contribution in [0.1, 0.15) is 11.1 Å². The van der Waals surface area contributed by atoms with Crippen molar-refractivity contribution in [3.8, 4) is 0 Å². The maximum Gasteiger partial charge on any atom is 0.294 e. The van der Waals surface area contributed by atoms with E-state index >= 15 is 0 Å². The van der Waals surface area contributed by atoms with E-state index in [0.717, 1.165) is 27.6 Å². The third-order valence-electron chi connectivity index (χ3n) is 6.41. The van der Waals surface area contributed by atoms with Crippen LogP contribution in [0.4, 0.5) is 28.4 Å². The Hall–Kier alpha value is -4.41. The highest BCUT2D eigenvalue weighted by Crippen LogP contribution is 2.37. The van der Waals surface area contributed by atoms with Crippen LogP contribution in [0.15, 0.2) is 110 Å². The van der Waals surface area contributed by atoms with E-state index in [1.807, 2.05) is 68.4 Å². The fourth-order valence-corrected chi connectivity index (χ4v) is 4.87. The average Bonchev–Trinajstić information content (AvgIpc) is 2.91. The lowest BCUT2D eigenvalue weighted by molar-refractivity contribution is 0.483. The minimum Gasteiger partial charge on any atom is -0.427 e. The molecule has 0 unspecified atom stereocenters. The van der Waals surface area contributed by atoms with Gasteiger partial charge in [0.05, 0.1) is 27.6 Å². The van der Waals surface area contributed by atoms with Crippen molar-refractivity contribution in [3.63, 3.8) is 0 Å². The van der Waals surface area contributed by atoms with Gasteiger partial charge in [0.2, 0.25) is 7.98 Å². The maximum absolute atomic E-state index is 11.9. The summed E-state index contributed by atoms with van der Waals surface area (Å²) >= 11 is 0. The molecule has 0 heterocycles. The van der Waals surface area contributed by atoms with Crippen molar-refractivity contribution in [2.75, 3.05) is 11.9 Å². The molecule has 0 bridgehead atoms. The predicted molar refractivity (Wildman–Crippen MR) is 156 cm³/mol. The number of nitrogens with zero attached hydrogens (tertiary/aromatic N) is 5.